The Kier molecular flexibility index (Phi) is 4.71. The van der Waals surface area contributed by atoms with Gasteiger partial charge in [0.05, 0.1) is 27.5 Å². The molecule has 0 aromatic heterocycles. The van der Waals surface area contributed by atoms with E-state index >= 15 is 0 Å². The average molecular weight is 426 g/mol. The maximum Gasteiger partial charge on any atom is 0.272 e. The van der Waals surface area contributed by atoms with E-state index < -0.39 is 0 Å². The Morgan fingerprint density at radius 1 is 0.806 bits per heavy atom. The number of rotatable bonds is 2. The fourth-order valence-corrected chi connectivity index (χ4v) is 5.02. The van der Waals surface area contributed by atoms with Crippen molar-refractivity contribution in [1.82, 2.24) is 0 Å². The summed E-state index contributed by atoms with van der Waals surface area (Å²) in [4.78, 5) is 35.2. The lowest BCUT2D eigenvalue weighted by Crippen LogP contribution is -2.29. The molecule has 5 rings (SSSR count). The molecular formula is C25H19N3O2S. The van der Waals surface area contributed by atoms with E-state index in [-0.39, 0.29) is 11.8 Å². The Morgan fingerprint density at radius 3 is 2.19 bits per heavy atom. The van der Waals surface area contributed by atoms with Crippen LogP contribution in [0.4, 0.5) is 17.1 Å². The van der Waals surface area contributed by atoms with Crippen molar-refractivity contribution in [3.05, 3.63) is 94.9 Å². The maximum absolute atomic E-state index is 13.6. The van der Waals surface area contributed by atoms with E-state index in [1.54, 1.807) is 16.8 Å². The van der Waals surface area contributed by atoms with E-state index in [0.717, 1.165) is 22.5 Å². The quantitative estimate of drug-likeness (QED) is 0.534. The molecule has 3 aromatic rings. The topological polar surface area (TPSA) is 53.0 Å². The summed E-state index contributed by atoms with van der Waals surface area (Å²) in [6.07, 6.45) is 0. The Labute approximate surface area is 184 Å². The Hall–Kier alpha value is -3.64. The number of benzene rings is 3. The zero-order valence-corrected chi connectivity index (χ0v) is 17.9. The summed E-state index contributed by atoms with van der Waals surface area (Å²) in [5.41, 5.74) is 4.54. The second-order valence-electron chi connectivity index (χ2n) is 7.35. The number of carbonyl (C=O) groups is 2. The summed E-state index contributed by atoms with van der Waals surface area (Å²) in [6.45, 7) is 1.97. The van der Waals surface area contributed by atoms with Crippen LogP contribution in [0.25, 0.3) is 5.57 Å². The summed E-state index contributed by atoms with van der Waals surface area (Å²) in [5, 5.41) is 0.529. The first-order valence-corrected chi connectivity index (χ1v) is 10.7. The number of aliphatic imine (C=N–C) groups is 1. The lowest BCUT2D eigenvalue weighted by atomic mass is 10.0. The SMILES string of the molecule is Cc1cccc2c1N(C)C(=O)C2=C1SC(=Nc2ccccc2)N(c2ccccc2)C1=O. The van der Waals surface area contributed by atoms with E-state index in [0.29, 0.717) is 21.3 Å². The predicted molar refractivity (Wildman–Crippen MR) is 127 cm³/mol. The number of nitrogens with zero attached hydrogens (tertiary/aromatic N) is 3. The first-order chi connectivity index (χ1) is 15.1. The summed E-state index contributed by atoms with van der Waals surface area (Å²) in [7, 11) is 1.75. The normalized spacial score (nSPS) is 19.5. The van der Waals surface area contributed by atoms with Crippen LogP contribution in [0, 0.1) is 6.92 Å². The summed E-state index contributed by atoms with van der Waals surface area (Å²) in [6, 6.07) is 24.7. The lowest BCUT2D eigenvalue weighted by Gasteiger charge is -2.15. The molecule has 31 heavy (non-hydrogen) atoms. The van der Waals surface area contributed by atoms with Gasteiger partial charge >= 0.3 is 0 Å². The average Bonchev–Trinajstić information content (AvgIpc) is 3.23. The number of hydrogen-bond acceptors (Lipinski definition) is 4. The highest BCUT2D eigenvalue weighted by atomic mass is 32.2. The molecule has 2 aliphatic heterocycles. The number of para-hydroxylation sites is 3. The minimum Gasteiger partial charge on any atom is -0.310 e. The Balaban J connectivity index is 1.71. The molecule has 3 aromatic carbocycles. The number of anilines is 2. The summed E-state index contributed by atoms with van der Waals surface area (Å²) < 4.78 is 0. The molecule has 2 aliphatic rings. The predicted octanol–water partition coefficient (Wildman–Crippen LogP) is 5.15. The molecule has 1 fully saturated rings. The molecule has 0 bridgehead atoms. The Bertz CT molecular complexity index is 1270. The molecule has 5 nitrogen and oxygen atoms in total. The van der Waals surface area contributed by atoms with E-state index in [4.69, 9.17) is 4.99 Å². The van der Waals surface area contributed by atoms with Gasteiger partial charge in [-0.1, -0.05) is 54.6 Å². The number of likely N-dealkylation sites (N-methyl/N-ethyl adjacent to an activating group) is 1. The van der Waals surface area contributed by atoms with Crippen LogP contribution >= 0.6 is 11.8 Å². The largest absolute Gasteiger partial charge is 0.310 e. The molecule has 0 atom stereocenters. The van der Waals surface area contributed by atoms with Gasteiger partial charge in [0.1, 0.15) is 0 Å². The zero-order chi connectivity index (χ0) is 21.5. The molecule has 2 heterocycles. The van der Waals surface area contributed by atoms with Gasteiger partial charge in [0.15, 0.2) is 5.17 Å². The van der Waals surface area contributed by atoms with E-state index in [1.807, 2.05) is 85.8 Å². The number of thioether (sulfide) groups is 1. The van der Waals surface area contributed by atoms with Crippen LogP contribution in [0.5, 0.6) is 0 Å². The molecule has 152 valence electrons. The van der Waals surface area contributed by atoms with Crippen molar-refractivity contribution in [1.29, 1.82) is 0 Å². The third-order valence-corrected chi connectivity index (χ3v) is 6.40. The van der Waals surface area contributed by atoms with Crippen molar-refractivity contribution in [2.75, 3.05) is 16.8 Å². The van der Waals surface area contributed by atoms with Gasteiger partial charge in [0.25, 0.3) is 11.8 Å². The van der Waals surface area contributed by atoms with Crippen molar-refractivity contribution < 1.29 is 9.59 Å². The first kappa shape index (κ1) is 19.3. The Morgan fingerprint density at radius 2 is 1.48 bits per heavy atom. The second kappa shape index (κ2) is 7.56. The van der Waals surface area contributed by atoms with Crippen LogP contribution in [0.15, 0.2) is 88.8 Å². The molecule has 0 aliphatic carbocycles. The van der Waals surface area contributed by atoms with Crippen LogP contribution in [-0.4, -0.2) is 24.0 Å². The molecule has 2 amide bonds. The minimum atomic E-state index is -0.239. The van der Waals surface area contributed by atoms with Crippen molar-refractivity contribution >= 4 is 51.4 Å². The molecule has 0 saturated carbocycles. The van der Waals surface area contributed by atoms with Gasteiger partial charge in [-0.25, -0.2) is 4.99 Å². The summed E-state index contributed by atoms with van der Waals surface area (Å²) >= 11 is 1.25. The van der Waals surface area contributed by atoms with Crippen LogP contribution in [0.2, 0.25) is 0 Å². The standard InChI is InChI=1S/C25H19N3O2S/c1-16-10-9-15-19-20(23(29)27(2)21(16)19)22-24(30)28(18-13-7-4-8-14-18)25(31-22)26-17-11-5-3-6-12-17/h3-15H,1-2H3. The van der Waals surface area contributed by atoms with Gasteiger partial charge < -0.3 is 4.90 Å². The molecule has 0 radical (unpaired) electrons. The molecule has 6 heteroatoms. The van der Waals surface area contributed by atoms with Gasteiger partial charge in [0, 0.05) is 12.6 Å². The van der Waals surface area contributed by atoms with E-state index in [1.165, 1.54) is 11.8 Å². The number of fused-ring (bicyclic) bond motifs is 1. The molecular weight excluding hydrogens is 406 g/mol. The highest BCUT2D eigenvalue weighted by Gasteiger charge is 2.42. The highest BCUT2D eigenvalue weighted by molar-refractivity contribution is 8.19. The van der Waals surface area contributed by atoms with Crippen LogP contribution in [0.3, 0.4) is 0 Å². The minimum absolute atomic E-state index is 0.172. The molecule has 0 spiro atoms. The van der Waals surface area contributed by atoms with Crippen LogP contribution in [0.1, 0.15) is 11.1 Å². The number of carbonyl (C=O) groups excluding carboxylic acids is 2. The van der Waals surface area contributed by atoms with Crippen molar-refractivity contribution in [2.45, 2.75) is 6.92 Å². The van der Waals surface area contributed by atoms with Gasteiger partial charge in [-0.3, -0.25) is 14.5 Å². The smallest absolute Gasteiger partial charge is 0.272 e. The highest BCUT2D eigenvalue weighted by Crippen LogP contribution is 2.46. The first-order valence-electron chi connectivity index (χ1n) is 9.89. The van der Waals surface area contributed by atoms with Crippen molar-refractivity contribution in [3.8, 4) is 0 Å². The van der Waals surface area contributed by atoms with Gasteiger partial charge in [-0.2, -0.15) is 0 Å². The molecule has 0 unspecified atom stereocenters. The fraction of sp³-hybridized carbons (Fsp3) is 0.0800. The number of aryl methyl sites for hydroxylation is 1. The molecule has 0 N–H and O–H groups in total. The van der Waals surface area contributed by atoms with Gasteiger partial charge in [-0.05, 0) is 48.5 Å². The maximum atomic E-state index is 13.6. The number of amides is 2. The lowest BCUT2D eigenvalue weighted by molar-refractivity contribution is -0.115. The second-order valence-corrected chi connectivity index (χ2v) is 8.32. The third-order valence-electron chi connectivity index (χ3n) is 5.37. The zero-order valence-electron chi connectivity index (χ0n) is 17.1. The van der Waals surface area contributed by atoms with Gasteiger partial charge in [-0.15, -0.1) is 0 Å². The van der Waals surface area contributed by atoms with Crippen molar-refractivity contribution in [3.63, 3.8) is 0 Å². The van der Waals surface area contributed by atoms with E-state index in [2.05, 4.69) is 0 Å². The monoisotopic (exact) mass is 425 g/mol. The van der Waals surface area contributed by atoms with Gasteiger partial charge in [0.2, 0.25) is 0 Å². The summed E-state index contributed by atoms with van der Waals surface area (Å²) in [5.74, 6) is -0.411. The van der Waals surface area contributed by atoms with Crippen LogP contribution in [-0.2, 0) is 9.59 Å². The molecule has 1 saturated heterocycles. The fourth-order valence-electron chi connectivity index (χ4n) is 3.93. The van der Waals surface area contributed by atoms with E-state index in [9.17, 15) is 9.59 Å². The number of amidine groups is 1. The van der Waals surface area contributed by atoms with Crippen LogP contribution < -0.4 is 9.80 Å². The third kappa shape index (κ3) is 3.16. The number of hydrogen-bond donors (Lipinski definition) is 0. The van der Waals surface area contributed by atoms with Crippen molar-refractivity contribution in [2.24, 2.45) is 4.99 Å².